The molecule has 49 heavy (non-hydrogen) atoms. The zero-order valence-electron chi connectivity index (χ0n) is 29.9. The molecule has 262 valence electrons. The van der Waals surface area contributed by atoms with E-state index >= 15 is 4.39 Å². The summed E-state index contributed by atoms with van der Waals surface area (Å²) in [6.07, 6.45) is 2.08. The third kappa shape index (κ3) is 8.92. The van der Waals surface area contributed by atoms with Crippen LogP contribution < -0.4 is 32.6 Å². The van der Waals surface area contributed by atoms with Crippen LogP contribution in [-0.4, -0.2) is 27.2 Å². The highest BCUT2D eigenvalue weighted by Gasteiger charge is 2.24. The second-order valence-electron chi connectivity index (χ2n) is 10.6. The Morgan fingerprint density at radius 3 is 2.10 bits per heavy atom. The molecule has 0 unspecified atom stereocenters. The van der Waals surface area contributed by atoms with Gasteiger partial charge in [0.1, 0.15) is 22.6 Å². The minimum Gasteiger partial charge on any atom is -0.497 e. The topological polar surface area (TPSA) is 130 Å². The molecule has 0 aliphatic heterocycles. The van der Waals surface area contributed by atoms with Crippen molar-refractivity contribution in [1.82, 2.24) is 13.7 Å². The molecule has 0 aliphatic rings. The van der Waals surface area contributed by atoms with E-state index in [1.54, 1.807) is 51.3 Å². The lowest BCUT2D eigenvalue weighted by Gasteiger charge is -2.21. The number of primary amides is 1. The van der Waals surface area contributed by atoms with Crippen LogP contribution in [0.3, 0.4) is 0 Å². The first kappa shape index (κ1) is 39.7. The number of anilines is 2. The second-order valence-corrected chi connectivity index (χ2v) is 10.6. The smallest absolute Gasteiger partial charge is 0.337 e. The molecule has 1 amide bonds. The zero-order chi connectivity index (χ0) is 36.8. The van der Waals surface area contributed by atoms with Crippen molar-refractivity contribution in [2.24, 2.45) is 12.8 Å². The van der Waals surface area contributed by atoms with Gasteiger partial charge in [-0.2, -0.15) is 0 Å². The summed E-state index contributed by atoms with van der Waals surface area (Å²) in [5.74, 6) is -0.0194. The molecule has 5 rings (SSSR count). The quantitative estimate of drug-likeness (QED) is 0.181. The van der Waals surface area contributed by atoms with E-state index in [0.29, 0.717) is 28.1 Å². The van der Waals surface area contributed by atoms with Gasteiger partial charge in [0.2, 0.25) is 6.41 Å². The van der Waals surface area contributed by atoms with Gasteiger partial charge in [-0.05, 0) is 73.4 Å². The predicted molar refractivity (Wildman–Crippen MR) is 197 cm³/mol. The van der Waals surface area contributed by atoms with Gasteiger partial charge in [-0.15, -0.1) is 0 Å². The van der Waals surface area contributed by atoms with E-state index < -0.39 is 22.6 Å². The van der Waals surface area contributed by atoms with Crippen LogP contribution in [0.25, 0.3) is 16.7 Å². The third-order valence-corrected chi connectivity index (χ3v) is 7.46. The number of halogens is 1. The number of benzene rings is 3. The number of rotatable bonds is 8. The number of hydrogen-bond acceptors (Lipinski definition) is 6. The van der Waals surface area contributed by atoms with Crippen LogP contribution in [0.1, 0.15) is 63.3 Å². The Bertz CT molecular complexity index is 2050. The summed E-state index contributed by atoms with van der Waals surface area (Å²) in [6.45, 7) is 13.4. The molecular formula is C38H48FN5O5. The molecule has 0 spiro atoms. The number of carbonyl (C=O) groups is 1. The first-order valence-corrected chi connectivity index (χ1v) is 16.4. The number of pyridine rings is 1. The van der Waals surface area contributed by atoms with Crippen LogP contribution in [0.5, 0.6) is 5.75 Å². The Morgan fingerprint density at radius 1 is 0.898 bits per heavy atom. The molecule has 0 fully saturated rings. The molecule has 2 heterocycles. The monoisotopic (exact) mass is 673 g/mol. The van der Waals surface area contributed by atoms with Gasteiger partial charge in [-0.1, -0.05) is 71.4 Å². The summed E-state index contributed by atoms with van der Waals surface area (Å²) in [4.78, 5) is 50.5. The molecular weight excluding hydrogens is 625 g/mol. The van der Waals surface area contributed by atoms with Crippen molar-refractivity contribution in [3.05, 3.63) is 126 Å². The number of hydrogen-bond donors (Lipinski definition) is 2. The van der Waals surface area contributed by atoms with Crippen LogP contribution in [0.4, 0.5) is 15.8 Å². The highest BCUT2D eigenvalue weighted by molar-refractivity contribution is 5.93. The Balaban J connectivity index is 0.00000111. The predicted octanol–water partition coefficient (Wildman–Crippen LogP) is 6.51. The number of ether oxygens (including phenoxy) is 1. The van der Waals surface area contributed by atoms with Gasteiger partial charge in [0, 0.05) is 18.3 Å². The Morgan fingerprint density at radius 2 is 1.53 bits per heavy atom. The summed E-state index contributed by atoms with van der Waals surface area (Å²) in [6, 6.07) is 19.2. The summed E-state index contributed by atoms with van der Waals surface area (Å²) < 4.78 is 24.2. The molecule has 3 N–H and O–H groups in total. The highest BCUT2D eigenvalue weighted by Crippen LogP contribution is 2.28. The number of amides is 1. The fourth-order valence-electron chi connectivity index (χ4n) is 5.28. The highest BCUT2D eigenvalue weighted by atomic mass is 19.1. The number of aryl methyl sites for hydroxylation is 3. The fourth-order valence-corrected chi connectivity index (χ4v) is 5.28. The van der Waals surface area contributed by atoms with E-state index in [-0.39, 0.29) is 35.4 Å². The Labute approximate surface area is 286 Å². The van der Waals surface area contributed by atoms with E-state index in [4.69, 9.17) is 9.53 Å². The molecule has 11 heteroatoms. The normalized spacial score (nSPS) is 10.1. The Hall–Kier alpha value is -5.45. The standard InChI is InChI=1S/C33H33FN4O4.2C2H6.CH3NO/c1-6-8-22-9-7-10-24(18-22)35-29-21(3)31(39)36(4)30-28(29)32(40)37(19-23-12-14-25(42-5)15-13-23)33(41)38(30)27-16-11-20(2)17-26(27)34;2*1-2;2-1-3/h7,9-18,35H,6,8,19H2,1-5H3;2*1-2H3;1H,(H2,2,3). The first-order valence-electron chi connectivity index (χ1n) is 16.4. The lowest BCUT2D eigenvalue weighted by atomic mass is 10.1. The van der Waals surface area contributed by atoms with Gasteiger partial charge >= 0.3 is 5.69 Å². The maximum Gasteiger partial charge on any atom is 0.337 e. The average Bonchev–Trinajstić information content (AvgIpc) is 3.11. The van der Waals surface area contributed by atoms with Crippen molar-refractivity contribution >= 4 is 28.8 Å². The minimum absolute atomic E-state index is 0.00143. The lowest BCUT2D eigenvalue weighted by molar-refractivity contribution is -0.106. The molecule has 0 radical (unpaired) electrons. The second kappa shape index (κ2) is 18.8. The molecule has 3 aromatic carbocycles. The van der Waals surface area contributed by atoms with Crippen LogP contribution in [0.15, 0.2) is 81.1 Å². The fraction of sp³-hybridized carbons (Fsp3) is 0.316. The van der Waals surface area contributed by atoms with Crippen LogP contribution in [0, 0.1) is 19.7 Å². The van der Waals surface area contributed by atoms with Gasteiger partial charge in [-0.3, -0.25) is 23.5 Å². The molecule has 0 atom stereocenters. The molecule has 0 saturated carbocycles. The van der Waals surface area contributed by atoms with Crippen molar-refractivity contribution in [1.29, 1.82) is 0 Å². The van der Waals surface area contributed by atoms with Gasteiger partial charge in [0.25, 0.3) is 11.1 Å². The van der Waals surface area contributed by atoms with Gasteiger partial charge in [0.15, 0.2) is 0 Å². The van der Waals surface area contributed by atoms with E-state index in [9.17, 15) is 14.4 Å². The Kier molecular flexibility index (Phi) is 15.2. The van der Waals surface area contributed by atoms with Crippen molar-refractivity contribution in [2.75, 3.05) is 12.4 Å². The summed E-state index contributed by atoms with van der Waals surface area (Å²) in [5.41, 5.74) is 6.04. The summed E-state index contributed by atoms with van der Waals surface area (Å²) >= 11 is 0. The number of nitrogens with two attached hydrogens (primary N) is 1. The third-order valence-electron chi connectivity index (χ3n) is 7.46. The number of methoxy groups -OCH3 is 1. The number of aromatic nitrogens is 3. The molecule has 0 bridgehead atoms. The number of fused-ring (bicyclic) bond motifs is 1. The molecule has 2 aromatic heterocycles. The number of nitrogens with zero attached hydrogens (tertiary/aromatic N) is 3. The maximum absolute atomic E-state index is 15.5. The average molecular weight is 674 g/mol. The SMILES string of the molecule is CC.CC.CCCc1cccc(Nc2c(C)c(=O)n(C)c3c2c(=O)n(Cc2ccc(OC)cc2)c(=O)n3-c2ccc(C)cc2F)c1.NC=O. The number of carbonyl (C=O) groups excluding carboxylic acids is 1. The maximum atomic E-state index is 15.5. The van der Waals surface area contributed by atoms with E-state index in [2.05, 4.69) is 18.0 Å². The summed E-state index contributed by atoms with van der Waals surface area (Å²) in [5, 5.41) is 3.40. The van der Waals surface area contributed by atoms with Crippen LogP contribution in [0.2, 0.25) is 0 Å². The number of nitrogens with one attached hydrogen (secondary N) is 1. The van der Waals surface area contributed by atoms with Crippen molar-refractivity contribution in [3.63, 3.8) is 0 Å². The van der Waals surface area contributed by atoms with Crippen molar-refractivity contribution < 1.29 is 13.9 Å². The van der Waals surface area contributed by atoms with Crippen LogP contribution in [-0.2, 0) is 24.8 Å². The van der Waals surface area contributed by atoms with Crippen LogP contribution >= 0.6 is 0 Å². The molecule has 0 saturated heterocycles. The van der Waals surface area contributed by atoms with Gasteiger partial charge in [0.05, 0.1) is 25.0 Å². The van der Waals surface area contributed by atoms with Gasteiger partial charge in [-0.25, -0.2) is 13.8 Å². The molecule has 0 aliphatic carbocycles. The summed E-state index contributed by atoms with van der Waals surface area (Å²) in [7, 11) is 3.04. The van der Waals surface area contributed by atoms with E-state index in [1.807, 2.05) is 52.0 Å². The minimum atomic E-state index is -0.763. The van der Waals surface area contributed by atoms with Crippen molar-refractivity contribution in [2.45, 2.75) is 67.9 Å². The first-order chi connectivity index (χ1) is 23.6. The van der Waals surface area contributed by atoms with E-state index in [1.165, 1.54) is 23.7 Å². The van der Waals surface area contributed by atoms with Gasteiger partial charge < -0.3 is 15.8 Å². The van der Waals surface area contributed by atoms with E-state index in [0.717, 1.165) is 27.5 Å². The zero-order valence-corrected chi connectivity index (χ0v) is 29.9. The largest absolute Gasteiger partial charge is 0.497 e. The van der Waals surface area contributed by atoms with Crippen molar-refractivity contribution in [3.8, 4) is 11.4 Å². The lowest BCUT2D eigenvalue weighted by Crippen LogP contribution is -2.42. The molecule has 10 nitrogen and oxygen atoms in total. The molecule has 5 aromatic rings.